The molecule has 2 N–H and O–H groups in total. The molecule has 1 aromatic heterocycles. The Morgan fingerprint density at radius 1 is 0.966 bits per heavy atom. The zero-order valence-corrected chi connectivity index (χ0v) is 16.5. The molecule has 0 radical (unpaired) electrons. The van der Waals surface area contributed by atoms with Crippen molar-refractivity contribution in [1.82, 2.24) is 10.2 Å². The molecule has 4 aromatic rings. The van der Waals surface area contributed by atoms with Crippen LogP contribution in [0.25, 0.3) is 22.4 Å². The lowest BCUT2D eigenvalue weighted by atomic mass is 10.0. The van der Waals surface area contributed by atoms with Gasteiger partial charge in [0.2, 0.25) is 0 Å². The Morgan fingerprint density at radius 3 is 2.48 bits per heavy atom. The highest BCUT2D eigenvalue weighted by Crippen LogP contribution is 2.37. The van der Waals surface area contributed by atoms with Gasteiger partial charge in [0, 0.05) is 27.8 Å². The zero-order chi connectivity index (χ0) is 20.4. The van der Waals surface area contributed by atoms with E-state index in [9.17, 15) is 9.50 Å². The molecule has 0 spiro atoms. The Hall–Kier alpha value is -3.02. The van der Waals surface area contributed by atoms with E-state index >= 15 is 0 Å². The minimum absolute atomic E-state index is 0.0344. The molecule has 0 bridgehead atoms. The van der Waals surface area contributed by atoms with E-state index in [4.69, 9.17) is 27.9 Å². The first-order valence-electron chi connectivity index (χ1n) is 8.70. The van der Waals surface area contributed by atoms with E-state index in [1.807, 2.05) is 12.1 Å². The summed E-state index contributed by atoms with van der Waals surface area (Å²) in [5.74, 6) is 0.0863. The number of hydrogen-bond donors (Lipinski definition) is 2. The molecule has 4 rings (SSSR count). The third-order valence-electron chi connectivity index (χ3n) is 4.44. The number of halogens is 3. The highest BCUT2D eigenvalue weighted by molar-refractivity contribution is 6.31. The first-order valence-corrected chi connectivity index (χ1v) is 9.46. The topological polar surface area (TPSA) is 58.1 Å². The van der Waals surface area contributed by atoms with Crippen LogP contribution in [0.1, 0.15) is 5.56 Å². The fourth-order valence-electron chi connectivity index (χ4n) is 2.95. The quantitative estimate of drug-likeness (QED) is 0.382. The van der Waals surface area contributed by atoms with E-state index in [1.165, 1.54) is 18.2 Å². The summed E-state index contributed by atoms with van der Waals surface area (Å²) in [7, 11) is 0. The molecule has 0 fully saturated rings. The first-order chi connectivity index (χ1) is 14.0. The van der Waals surface area contributed by atoms with Gasteiger partial charge < -0.3 is 9.84 Å². The van der Waals surface area contributed by atoms with Crippen molar-refractivity contribution in [3.8, 4) is 33.9 Å². The maximum atomic E-state index is 13.1. The number of ether oxygens (including phenoxy) is 1. The number of phenolic OH excluding ortho intramolecular Hbond substituents is 1. The molecule has 0 amide bonds. The van der Waals surface area contributed by atoms with Crippen molar-refractivity contribution in [2.24, 2.45) is 0 Å². The first kappa shape index (κ1) is 19.3. The van der Waals surface area contributed by atoms with Crippen molar-refractivity contribution in [2.75, 3.05) is 0 Å². The highest BCUT2D eigenvalue weighted by Gasteiger charge is 2.14. The largest absolute Gasteiger partial charge is 0.507 e. The van der Waals surface area contributed by atoms with E-state index in [-0.39, 0.29) is 17.4 Å². The average molecular weight is 429 g/mol. The number of rotatable bonds is 5. The lowest BCUT2D eigenvalue weighted by molar-refractivity contribution is 0.304. The normalized spacial score (nSPS) is 10.9. The second kappa shape index (κ2) is 8.15. The van der Waals surface area contributed by atoms with Crippen molar-refractivity contribution in [1.29, 1.82) is 0 Å². The Labute approximate surface area is 176 Å². The monoisotopic (exact) mass is 428 g/mol. The van der Waals surface area contributed by atoms with Crippen LogP contribution in [0.4, 0.5) is 4.39 Å². The lowest BCUT2D eigenvalue weighted by Gasteiger charge is -2.11. The van der Waals surface area contributed by atoms with E-state index in [0.29, 0.717) is 27.6 Å². The third-order valence-corrected chi connectivity index (χ3v) is 5.05. The maximum Gasteiger partial charge on any atom is 0.128 e. The van der Waals surface area contributed by atoms with Gasteiger partial charge in [-0.05, 0) is 42.0 Å². The summed E-state index contributed by atoms with van der Waals surface area (Å²) >= 11 is 12.0. The molecule has 146 valence electrons. The van der Waals surface area contributed by atoms with Gasteiger partial charge in [0.25, 0.3) is 0 Å². The predicted molar refractivity (Wildman–Crippen MR) is 112 cm³/mol. The van der Waals surface area contributed by atoms with Gasteiger partial charge in [0.05, 0.1) is 16.9 Å². The molecule has 0 aliphatic heterocycles. The Morgan fingerprint density at radius 2 is 1.76 bits per heavy atom. The molecule has 1 heterocycles. The van der Waals surface area contributed by atoms with Crippen LogP contribution in [-0.2, 0) is 6.61 Å². The molecule has 0 saturated carbocycles. The van der Waals surface area contributed by atoms with Crippen molar-refractivity contribution in [2.45, 2.75) is 6.61 Å². The number of aromatic hydroxyl groups is 1. The standard InChI is InChI=1S/C22H15Cl2FN2O2/c23-15-4-1-13(2-5-15)19-11-26-27-22(19)18-8-7-17(10-21(18)28)29-12-14-3-6-16(25)9-20(14)24/h1-11,28H,12H2,(H,26,27). The van der Waals surface area contributed by atoms with Gasteiger partial charge in [-0.15, -0.1) is 0 Å². The third kappa shape index (κ3) is 4.21. The van der Waals surface area contributed by atoms with Crippen LogP contribution in [0.2, 0.25) is 10.0 Å². The molecule has 0 unspecified atom stereocenters. The number of nitrogens with zero attached hydrogens (tertiary/aromatic N) is 1. The molecular formula is C22H15Cl2FN2O2. The second-order valence-corrected chi connectivity index (χ2v) is 7.21. The Bertz CT molecular complexity index is 1160. The van der Waals surface area contributed by atoms with Gasteiger partial charge in [0.15, 0.2) is 0 Å². The molecule has 0 aliphatic rings. The van der Waals surface area contributed by atoms with E-state index in [0.717, 1.165) is 11.1 Å². The molecule has 4 nitrogen and oxygen atoms in total. The van der Waals surface area contributed by atoms with Gasteiger partial charge in [-0.25, -0.2) is 4.39 Å². The minimum Gasteiger partial charge on any atom is -0.507 e. The number of H-pyrrole nitrogens is 1. The van der Waals surface area contributed by atoms with Crippen molar-refractivity contribution < 1.29 is 14.2 Å². The highest BCUT2D eigenvalue weighted by atomic mass is 35.5. The number of phenols is 1. The SMILES string of the molecule is Oc1cc(OCc2ccc(F)cc2Cl)ccc1-c1[nH]ncc1-c1ccc(Cl)cc1. The maximum absolute atomic E-state index is 13.1. The summed E-state index contributed by atoms with van der Waals surface area (Å²) in [6.45, 7) is 0.151. The molecule has 0 aliphatic carbocycles. The van der Waals surface area contributed by atoms with Crippen LogP contribution in [0.15, 0.2) is 66.9 Å². The number of benzene rings is 3. The van der Waals surface area contributed by atoms with E-state index in [2.05, 4.69) is 10.2 Å². The molecule has 0 atom stereocenters. The van der Waals surface area contributed by atoms with Crippen LogP contribution < -0.4 is 4.74 Å². The van der Waals surface area contributed by atoms with E-state index in [1.54, 1.807) is 36.5 Å². The van der Waals surface area contributed by atoms with Gasteiger partial charge >= 0.3 is 0 Å². The summed E-state index contributed by atoms with van der Waals surface area (Å²) in [6, 6.07) is 16.5. The molecule has 0 saturated heterocycles. The van der Waals surface area contributed by atoms with Crippen LogP contribution in [0.3, 0.4) is 0 Å². The van der Waals surface area contributed by atoms with Crippen molar-refractivity contribution in [3.63, 3.8) is 0 Å². The molecular weight excluding hydrogens is 414 g/mol. The fraction of sp³-hybridized carbons (Fsp3) is 0.0455. The lowest BCUT2D eigenvalue weighted by Crippen LogP contribution is -1.97. The number of aromatic nitrogens is 2. The summed E-state index contributed by atoms with van der Waals surface area (Å²) < 4.78 is 18.8. The minimum atomic E-state index is -0.406. The zero-order valence-electron chi connectivity index (χ0n) is 15.0. The molecule has 29 heavy (non-hydrogen) atoms. The fourth-order valence-corrected chi connectivity index (χ4v) is 3.30. The van der Waals surface area contributed by atoms with Gasteiger partial charge in [-0.3, -0.25) is 5.10 Å². The summed E-state index contributed by atoms with van der Waals surface area (Å²) in [5, 5.41) is 18.5. The number of hydrogen-bond acceptors (Lipinski definition) is 3. The number of nitrogens with one attached hydrogen (secondary N) is 1. The Kier molecular flexibility index (Phi) is 5.43. The van der Waals surface area contributed by atoms with Gasteiger partial charge in [-0.1, -0.05) is 41.4 Å². The van der Waals surface area contributed by atoms with Gasteiger partial charge in [0.1, 0.15) is 23.9 Å². The smallest absolute Gasteiger partial charge is 0.128 e. The predicted octanol–water partition coefficient (Wildman–Crippen LogP) is 6.47. The van der Waals surface area contributed by atoms with E-state index < -0.39 is 5.82 Å². The van der Waals surface area contributed by atoms with Gasteiger partial charge in [-0.2, -0.15) is 5.10 Å². The molecule has 7 heteroatoms. The second-order valence-electron chi connectivity index (χ2n) is 6.37. The average Bonchev–Trinajstić information content (AvgIpc) is 3.17. The van der Waals surface area contributed by atoms with Crippen molar-refractivity contribution >= 4 is 23.2 Å². The van der Waals surface area contributed by atoms with Crippen molar-refractivity contribution in [3.05, 3.63) is 88.3 Å². The summed E-state index contributed by atoms with van der Waals surface area (Å²) in [5.41, 5.74) is 3.67. The van der Waals surface area contributed by atoms with Crippen LogP contribution >= 0.6 is 23.2 Å². The molecule has 3 aromatic carbocycles. The van der Waals surface area contributed by atoms with Crippen LogP contribution in [0, 0.1) is 5.82 Å². The summed E-state index contributed by atoms with van der Waals surface area (Å²) in [6.07, 6.45) is 1.69. The summed E-state index contributed by atoms with van der Waals surface area (Å²) in [4.78, 5) is 0. The Balaban J connectivity index is 1.57. The van der Waals surface area contributed by atoms with Crippen LogP contribution in [0.5, 0.6) is 11.5 Å². The van der Waals surface area contributed by atoms with Crippen LogP contribution in [-0.4, -0.2) is 15.3 Å². The number of aromatic amines is 1.